The zero-order chi connectivity index (χ0) is 13.7. The predicted octanol–water partition coefficient (Wildman–Crippen LogP) is 1.36. The molecule has 0 atom stereocenters. The molecule has 0 aromatic heterocycles. The van der Waals surface area contributed by atoms with Gasteiger partial charge in [-0.15, -0.1) is 0 Å². The van der Waals surface area contributed by atoms with E-state index in [1.54, 1.807) is 34.6 Å². The first kappa shape index (κ1) is 15.7. The maximum absolute atomic E-state index is 11.3. The lowest BCUT2D eigenvalue weighted by molar-refractivity contribution is -0.142. The summed E-state index contributed by atoms with van der Waals surface area (Å²) in [5.41, 5.74) is 3.95. The first-order chi connectivity index (χ1) is 7.56. The number of nitrogens with one attached hydrogen (secondary N) is 2. The number of carbonyl (C=O) groups is 2. The Kier molecular flexibility index (Phi) is 5.41. The minimum Gasteiger partial charge on any atom is -0.469 e. The molecule has 0 aliphatic heterocycles. The van der Waals surface area contributed by atoms with E-state index in [-0.39, 0.29) is 12.4 Å². The molecule has 100 valence electrons. The fourth-order valence-corrected chi connectivity index (χ4v) is 1.00. The van der Waals surface area contributed by atoms with Gasteiger partial charge in [0.1, 0.15) is 5.60 Å². The third-order valence-electron chi connectivity index (χ3n) is 1.72. The summed E-state index contributed by atoms with van der Waals surface area (Å²) in [6.45, 7) is 8.84. The molecule has 17 heavy (non-hydrogen) atoms. The van der Waals surface area contributed by atoms with Gasteiger partial charge in [-0.1, -0.05) is 0 Å². The first-order valence-corrected chi connectivity index (χ1v) is 5.39. The molecule has 1 amide bonds. The van der Waals surface area contributed by atoms with E-state index in [2.05, 4.69) is 15.6 Å². The molecule has 0 rings (SSSR count). The van der Waals surface area contributed by atoms with Gasteiger partial charge in [0.15, 0.2) is 0 Å². The summed E-state index contributed by atoms with van der Waals surface area (Å²) in [4.78, 5) is 22.4. The highest BCUT2D eigenvalue weighted by Crippen LogP contribution is 2.09. The zero-order valence-electron chi connectivity index (χ0n) is 11.3. The van der Waals surface area contributed by atoms with Gasteiger partial charge >= 0.3 is 12.1 Å². The van der Waals surface area contributed by atoms with E-state index in [1.807, 2.05) is 0 Å². The van der Waals surface area contributed by atoms with Crippen LogP contribution < -0.4 is 10.9 Å². The molecule has 6 nitrogen and oxygen atoms in total. The largest absolute Gasteiger partial charge is 0.469 e. The van der Waals surface area contributed by atoms with Crippen LogP contribution in [-0.2, 0) is 14.3 Å². The third-order valence-corrected chi connectivity index (χ3v) is 1.72. The normalized spacial score (nSPS) is 11.9. The molecule has 0 radical (unpaired) electrons. The molecule has 0 aromatic rings. The van der Waals surface area contributed by atoms with Crippen molar-refractivity contribution in [3.05, 3.63) is 0 Å². The number of rotatable bonds is 4. The van der Waals surface area contributed by atoms with Crippen LogP contribution in [0.15, 0.2) is 0 Å². The molecule has 0 bridgehead atoms. The Bertz CT molecular complexity index is 282. The Hall–Kier alpha value is -1.30. The number of amides is 1. The van der Waals surface area contributed by atoms with Crippen molar-refractivity contribution in [3.8, 4) is 0 Å². The average Bonchev–Trinajstić information content (AvgIpc) is 2.11. The molecular weight excluding hydrogens is 224 g/mol. The van der Waals surface area contributed by atoms with Crippen LogP contribution in [0.2, 0.25) is 0 Å². The Morgan fingerprint density at radius 1 is 1.12 bits per heavy atom. The second-order valence-corrected chi connectivity index (χ2v) is 5.39. The molecule has 0 spiro atoms. The van der Waals surface area contributed by atoms with Gasteiger partial charge in [0.2, 0.25) is 0 Å². The third kappa shape index (κ3) is 8.50. The number of esters is 1. The van der Waals surface area contributed by atoms with Crippen molar-refractivity contribution in [2.75, 3.05) is 7.11 Å². The highest BCUT2D eigenvalue weighted by Gasteiger charge is 2.24. The summed E-state index contributed by atoms with van der Waals surface area (Å²) in [5.74, 6) is -0.353. The molecular formula is C11H22N2O4. The maximum Gasteiger partial charge on any atom is 0.422 e. The van der Waals surface area contributed by atoms with Crippen LogP contribution in [0.25, 0.3) is 0 Å². The van der Waals surface area contributed by atoms with Crippen LogP contribution in [0.3, 0.4) is 0 Å². The average molecular weight is 246 g/mol. The van der Waals surface area contributed by atoms with Gasteiger partial charge in [0, 0.05) is 5.54 Å². The van der Waals surface area contributed by atoms with E-state index < -0.39 is 17.2 Å². The quantitative estimate of drug-likeness (QED) is 0.578. The number of ether oxygens (including phenoxy) is 2. The number of hydrogen-bond acceptors (Lipinski definition) is 5. The Balaban J connectivity index is 4.09. The van der Waals surface area contributed by atoms with Crippen LogP contribution in [0.4, 0.5) is 4.79 Å². The van der Waals surface area contributed by atoms with E-state index in [4.69, 9.17) is 4.74 Å². The van der Waals surface area contributed by atoms with Gasteiger partial charge in [-0.3, -0.25) is 10.2 Å². The predicted molar refractivity (Wildman–Crippen MR) is 63.2 cm³/mol. The van der Waals surface area contributed by atoms with E-state index in [0.717, 1.165) is 0 Å². The first-order valence-electron chi connectivity index (χ1n) is 5.39. The number of carbonyl (C=O) groups excluding carboxylic acids is 2. The van der Waals surface area contributed by atoms with Crippen molar-refractivity contribution in [3.63, 3.8) is 0 Å². The summed E-state index contributed by atoms with van der Waals surface area (Å²) in [6, 6.07) is 0. The topological polar surface area (TPSA) is 76.7 Å². The van der Waals surface area contributed by atoms with Gasteiger partial charge in [0.25, 0.3) is 0 Å². The van der Waals surface area contributed by atoms with Gasteiger partial charge in [-0.25, -0.2) is 10.2 Å². The Morgan fingerprint density at radius 3 is 2.06 bits per heavy atom. The number of hydrazine groups is 1. The van der Waals surface area contributed by atoms with Gasteiger partial charge in [-0.05, 0) is 34.6 Å². The van der Waals surface area contributed by atoms with Crippen LogP contribution in [0.5, 0.6) is 0 Å². The Morgan fingerprint density at radius 2 is 1.65 bits per heavy atom. The summed E-state index contributed by atoms with van der Waals surface area (Å²) < 4.78 is 9.59. The molecule has 0 fully saturated rings. The van der Waals surface area contributed by atoms with Crippen molar-refractivity contribution >= 4 is 12.1 Å². The van der Waals surface area contributed by atoms with Gasteiger partial charge in [0.05, 0.1) is 13.5 Å². The van der Waals surface area contributed by atoms with Crippen LogP contribution in [0.1, 0.15) is 41.0 Å². The molecule has 0 aromatic carbocycles. The summed E-state index contributed by atoms with van der Waals surface area (Å²) in [7, 11) is 1.32. The lowest BCUT2D eigenvalue weighted by Crippen LogP contribution is -2.52. The highest BCUT2D eigenvalue weighted by atomic mass is 16.6. The molecule has 2 N–H and O–H groups in total. The lowest BCUT2D eigenvalue weighted by Gasteiger charge is -2.26. The molecule has 0 saturated carbocycles. The van der Waals surface area contributed by atoms with Crippen molar-refractivity contribution < 1.29 is 19.1 Å². The van der Waals surface area contributed by atoms with Crippen molar-refractivity contribution in [2.24, 2.45) is 0 Å². The fourth-order valence-electron chi connectivity index (χ4n) is 1.00. The lowest BCUT2D eigenvalue weighted by atomic mass is 10.0. The minimum atomic E-state index is -0.607. The Labute approximate surface area is 102 Å². The molecule has 0 aliphatic rings. The second kappa shape index (κ2) is 5.86. The standard InChI is InChI=1S/C11H22N2O4/c1-10(2,3)17-9(15)12-13-11(4,5)7-8(14)16-6/h13H,7H2,1-6H3,(H,12,15). The number of methoxy groups -OCH3 is 1. The SMILES string of the molecule is COC(=O)CC(C)(C)NNC(=O)OC(C)(C)C. The van der Waals surface area contributed by atoms with E-state index >= 15 is 0 Å². The fraction of sp³-hybridized carbons (Fsp3) is 0.818. The molecule has 0 saturated heterocycles. The monoisotopic (exact) mass is 246 g/mol. The molecule has 0 heterocycles. The van der Waals surface area contributed by atoms with Crippen LogP contribution >= 0.6 is 0 Å². The zero-order valence-corrected chi connectivity index (χ0v) is 11.3. The second-order valence-electron chi connectivity index (χ2n) is 5.39. The van der Waals surface area contributed by atoms with Crippen molar-refractivity contribution in [1.82, 2.24) is 10.9 Å². The van der Waals surface area contributed by atoms with Gasteiger partial charge in [-0.2, -0.15) is 0 Å². The van der Waals surface area contributed by atoms with Crippen LogP contribution in [0, 0.1) is 0 Å². The smallest absolute Gasteiger partial charge is 0.422 e. The van der Waals surface area contributed by atoms with Gasteiger partial charge < -0.3 is 9.47 Å². The van der Waals surface area contributed by atoms with E-state index in [1.165, 1.54) is 7.11 Å². The summed E-state index contributed by atoms with van der Waals surface area (Å²) >= 11 is 0. The van der Waals surface area contributed by atoms with Crippen LogP contribution in [-0.4, -0.2) is 30.3 Å². The highest BCUT2D eigenvalue weighted by molar-refractivity contribution is 5.71. The number of hydrogen-bond donors (Lipinski definition) is 2. The van der Waals surface area contributed by atoms with E-state index in [0.29, 0.717) is 0 Å². The molecule has 0 aliphatic carbocycles. The molecule has 0 unspecified atom stereocenters. The molecule has 6 heteroatoms. The maximum atomic E-state index is 11.3. The van der Waals surface area contributed by atoms with Crippen molar-refractivity contribution in [2.45, 2.75) is 52.2 Å². The minimum absolute atomic E-state index is 0.138. The van der Waals surface area contributed by atoms with Crippen molar-refractivity contribution in [1.29, 1.82) is 0 Å². The van der Waals surface area contributed by atoms with E-state index in [9.17, 15) is 9.59 Å². The summed E-state index contributed by atoms with van der Waals surface area (Å²) in [5, 5.41) is 0. The summed E-state index contributed by atoms with van der Waals surface area (Å²) in [6.07, 6.45) is -0.449.